The van der Waals surface area contributed by atoms with Gasteiger partial charge in [-0.25, -0.2) is 4.79 Å². The number of carbonyl (C=O) groups excluding carboxylic acids is 1. The fourth-order valence-electron chi connectivity index (χ4n) is 2.07. The molecule has 0 aromatic rings. The van der Waals surface area contributed by atoms with Crippen LogP contribution in [0.25, 0.3) is 0 Å². The Bertz CT molecular complexity index is 283. The van der Waals surface area contributed by atoms with E-state index in [4.69, 9.17) is 5.11 Å². The highest BCUT2D eigenvalue weighted by Gasteiger charge is 2.30. The molecule has 1 aliphatic heterocycles. The molecule has 2 amide bonds. The van der Waals surface area contributed by atoms with Crippen molar-refractivity contribution in [2.45, 2.75) is 39.7 Å². The van der Waals surface area contributed by atoms with Crippen LogP contribution in [0.15, 0.2) is 0 Å². The van der Waals surface area contributed by atoms with E-state index in [1.54, 1.807) is 4.90 Å². The molecule has 0 aromatic heterocycles. The average molecular weight is 242 g/mol. The maximum absolute atomic E-state index is 11.9. The number of hydrogen-bond acceptors (Lipinski definition) is 2. The van der Waals surface area contributed by atoms with E-state index in [1.807, 2.05) is 6.92 Å². The van der Waals surface area contributed by atoms with E-state index >= 15 is 0 Å². The van der Waals surface area contributed by atoms with Gasteiger partial charge in [-0.3, -0.25) is 4.79 Å². The van der Waals surface area contributed by atoms with Gasteiger partial charge >= 0.3 is 12.0 Å². The summed E-state index contributed by atoms with van der Waals surface area (Å²) in [5, 5.41) is 11.5. The van der Waals surface area contributed by atoms with E-state index in [1.165, 1.54) is 0 Å². The lowest BCUT2D eigenvalue weighted by molar-refractivity contribution is -0.137. The Labute approximate surface area is 102 Å². The maximum Gasteiger partial charge on any atom is 0.317 e. The molecule has 98 valence electrons. The van der Waals surface area contributed by atoms with Crippen molar-refractivity contribution < 1.29 is 14.7 Å². The third-order valence-corrected chi connectivity index (χ3v) is 3.52. The van der Waals surface area contributed by atoms with E-state index in [2.05, 4.69) is 19.2 Å². The van der Waals surface area contributed by atoms with Crippen LogP contribution in [0, 0.1) is 11.8 Å². The van der Waals surface area contributed by atoms with Gasteiger partial charge in [0.2, 0.25) is 0 Å². The van der Waals surface area contributed by atoms with Gasteiger partial charge in [0.1, 0.15) is 0 Å². The van der Waals surface area contributed by atoms with Gasteiger partial charge in [0, 0.05) is 19.1 Å². The largest absolute Gasteiger partial charge is 0.481 e. The van der Waals surface area contributed by atoms with Crippen molar-refractivity contribution in [2.75, 3.05) is 13.1 Å². The molecule has 0 radical (unpaired) electrons. The van der Waals surface area contributed by atoms with E-state index in [0.29, 0.717) is 18.3 Å². The van der Waals surface area contributed by atoms with Crippen LogP contribution >= 0.6 is 0 Å². The first-order valence-electron chi connectivity index (χ1n) is 6.21. The zero-order chi connectivity index (χ0) is 13.0. The zero-order valence-electron chi connectivity index (χ0n) is 10.8. The van der Waals surface area contributed by atoms with Gasteiger partial charge in [0.15, 0.2) is 0 Å². The molecule has 0 aliphatic carbocycles. The van der Waals surface area contributed by atoms with Gasteiger partial charge in [-0.2, -0.15) is 0 Å². The van der Waals surface area contributed by atoms with Crippen molar-refractivity contribution in [2.24, 2.45) is 11.8 Å². The predicted molar refractivity (Wildman–Crippen MR) is 64.8 cm³/mol. The number of carbonyl (C=O) groups is 2. The highest BCUT2D eigenvalue weighted by atomic mass is 16.4. The summed E-state index contributed by atoms with van der Waals surface area (Å²) in [4.78, 5) is 24.3. The minimum Gasteiger partial charge on any atom is -0.481 e. The van der Waals surface area contributed by atoms with Crippen LogP contribution in [0.2, 0.25) is 0 Å². The van der Waals surface area contributed by atoms with Gasteiger partial charge in [-0.05, 0) is 18.3 Å². The summed E-state index contributed by atoms with van der Waals surface area (Å²) in [5.74, 6) is 0.154. The van der Waals surface area contributed by atoms with Crippen molar-refractivity contribution >= 4 is 12.0 Å². The maximum atomic E-state index is 11.9. The highest BCUT2D eigenvalue weighted by Crippen LogP contribution is 2.22. The molecule has 1 aliphatic rings. The molecular formula is C12H22N2O3. The van der Waals surface area contributed by atoms with Crippen LogP contribution in [0.4, 0.5) is 4.79 Å². The highest BCUT2D eigenvalue weighted by molar-refractivity contribution is 5.76. The third-order valence-electron chi connectivity index (χ3n) is 3.52. The number of amides is 2. The summed E-state index contributed by atoms with van der Waals surface area (Å²) in [5.41, 5.74) is 0. The molecule has 0 aromatic carbocycles. The lowest BCUT2D eigenvalue weighted by Crippen LogP contribution is -2.44. The number of likely N-dealkylation sites (tertiary alicyclic amines) is 1. The molecule has 3 unspecified atom stereocenters. The van der Waals surface area contributed by atoms with Gasteiger partial charge in [-0.15, -0.1) is 0 Å². The van der Waals surface area contributed by atoms with Crippen LogP contribution in [-0.2, 0) is 4.79 Å². The Morgan fingerprint density at radius 1 is 1.35 bits per heavy atom. The Morgan fingerprint density at radius 2 is 1.88 bits per heavy atom. The molecule has 1 heterocycles. The van der Waals surface area contributed by atoms with Crippen molar-refractivity contribution in [1.29, 1.82) is 0 Å². The van der Waals surface area contributed by atoms with Crippen LogP contribution in [0.3, 0.4) is 0 Å². The number of carboxylic acid groups (broad SMARTS) is 1. The fourth-order valence-corrected chi connectivity index (χ4v) is 2.07. The lowest BCUT2D eigenvalue weighted by Gasteiger charge is -2.21. The number of carboxylic acids is 1. The molecule has 1 rings (SSSR count). The first-order chi connectivity index (χ1) is 7.93. The molecule has 0 spiro atoms. The number of hydrogen-bond donors (Lipinski definition) is 2. The van der Waals surface area contributed by atoms with Gasteiger partial charge in [0.25, 0.3) is 0 Å². The van der Waals surface area contributed by atoms with Gasteiger partial charge in [-0.1, -0.05) is 20.8 Å². The molecule has 2 N–H and O–H groups in total. The Kier molecular flexibility index (Phi) is 4.78. The summed E-state index contributed by atoms with van der Waals surface area (Å²) >= 11 is 0. The van der Waals surface area contributed by atoms with E-state index in [0.717, 1.165) is 13.1 Å². The van der Waals surface area contributed by atoms with Crippen molar-refractivity contribution in [3.63, 3.8) is 0 Å². The first-order valence-corrected chi connectivity index (χ1v) is 6.21. The molecule has 5 heteroatoms. The second-order valence-corrected chi connectivity index (χ2v) is 5.01. The SMILES string of the molecule is CCC(CC(=O)O)NC(=O)N1CC(C)C(C)C1. The summed E-state index contributed by atoms with van der Waals surface area (Å²) in [6.45, 7) is 7.66. The molecule has 1 saturated heterocycles. The number of urea groups is 1. The van der Waals surface area contributed by atoms with Crippen molar-refractivity contribution in [1.82, 2.24) is 10.2 Å². The van der Waals surface area contributed by atoms with Gasteiger partial charge < -0.3 is 15.3 Å². The molecule has 3 atom stereocenters. The van der Waals surface area contributed by atoms with Crippen molar-refractivity contribution in [3.05, 3.63) is 0 Å². The second kappa shape index (κ2) is 5.89. The Balaban J connectivity index is 2.45. The monoisotopic (exact) mass is 242 g/mol. The Morgan fingerprint density at radius 3 is 2.29 bits per heavy atom. The summed E-state index contributed by atoms with van der Waals surface area (Å²) in [6.07, 6.45) is 0.623. The minimum absolute atomic E-state index is 0.0127. The smallest absolute Gasteiger partial charge is 0.317 e. The molecular weight excluding hydrogens is 220 g/mol. The number of aliphatic carboxylic acids is 1. The molecule has 5 nitrogen and oxygen atoms in total. The quantitative estimate of drug-likeness (QED) is 0.785. The van der Waals surface area contributed by atoms with E-state index in [9.17, 15) is 9.59 Å². The summed E-state index contributed by atoms with van der Waals surface area (Å²) < 4.78 is 0. The Hall–Kier alpha value is -1.26. The minimum atomic E-state index is -0.875. The molecule has 17 heavy (non-hydrogen) atoms. The van der Waals surface area contributed by atoms with Crippen LogP contribution in [0.1, 0.15) is 33.6 Å². The number of nitrogens with zero attached hydrogens (tertiary/aromatic N) is 1. The van der Waals surface area contributed by atoms with Crippen LogP contribution in [0.5, 0.6) is 0 Å². The van der Waals surface area contributed by atoms with Gasteiger partial charge in [0.05, 0.1) is 6.42 Å². The zero-order valence-corrected chi connectivity index (χ0v) is 10.8. The summed E-state index contributed by atoms with van der Waals surface area (Å²) in [6, 6.07) is -0.402. The van der Waals surface area contributed by atoms with E-state index < -0.39 is 5.97 Å². The number of nitrogens with one attached hydrogen (secondary N) is 1. The normalized spacial score (nSPS) is 25.7. The fraction of sp³-hybridized carbons (Fsp3) is 0.833. The van der Waals surface area contributed by atoms with Crippen LogP contribution in [-0.4, -0.2) is 41.1 Å². The third kappa shape index (κ3) is 3.91. The topological polar surface area (TPSA) is 69.6 Å². The molecule has 0 bridgehead atoms. The summed E-state index contributed by atoms with van der Waals surface area (Å²) in [7, 11) is 0. The molecule has 0 saturated carbocycles. The average Bonchev–Trinajstić information content (AvgIpc) is 2.57. The molecule has 1 fully saturated rings. The number of rotatable bonds is 4. The van der Waals surface area contributed by atoms with Crippen LogP contribution < -0.4 is 5.32 Å². The predicted octanol–water partition coefficient (Wildman–Crippen LogP) is 1.54. The second-order valence-electron chi connectivity index (χ2n) is 5.01. The standard InChI is InChI=1S/C12H22N2O3/c1-4-10(5-11(15)16)13-12(17)14-6-8(2)9(3)7-14/h8-10H,4-7H2,1-3H3,(H,13,17)(H,15,16). The lowest BCUT2D eigenvalue weighted by atomic mass is 10.0. The van der Waals surface area contributed by atoms with E-state index in [-0.39, 0.29) is 18.5 Å². The first kappa shape index (κ1) is 13.8. The van der Waals surface area contributed by atoms with Crippen molar-refractivity contribution in [3.8, 4) is 0 Å².